The maximum absolute atomic E-state index is 13.8. The number of sulfonamides is 1. The highest BCUT2D eigenvalue weighted by Crippen LogP contribution is 2.50. The maximum atomic E-state index is 13.8. The van der Waals surface area contributed by atoms with Gasteiger partial charge < -0.3 is 20.1 Å². The van der Waals surface area contributed by atoms with E-state index in [1.807, 2.05) is 4.90 Å². The first-order valence-electron chi connectivity index (χ1n) is 11.9. The Balaban J connectivity index is 1.43. The molecule has 2 N–H and O–H groups in total. The Morgan fingerprint density at radius 3 is 2.60 bits per heavy atom. The number of sulfone groups is 1. The van der Waals surface area contributed by atoms with Crippen LogP contribution in [0.15, 0.2) is 38.8 Å². The zero-order valence-corrected chi connectivity index (χ0v) is 20.8. The van der Waals surface area contributed by atoms with Crippen molar-refractivity contribution >= 4 is 37.3 Å². The molecular weight excluding hydrogens is 494 g/mol. The maximum Gasteiger partial charge on any atom is 0.286 e. The summed E-state index contributed by atoms with van der Waals surface area (Å²) in [7, 11) is -7.62. The number of benzene rings is 1. The van der Waals surface area contributed by atoms with Crippen molar-refractivity contribution in [3.8, 4) is 0 Å². The van der Waals surface area contributed by atoms with E-state index in [0.29, 0.717) is 5.56 Å². The quantitative estimate of drug-likeness (QED) is 0.612. The third kappa shape index (κ3) is 3.68. The lowest BCUT2D eigenvalue weighted by molar-refractivity contribution is -0.135. The summed E-state index contributed by atoms with van der Waals surface area (Å²) in [6, 6.07) is 4.03. The largest absolute Gasteiger partial charge is 0.511 e. The first kappa shape index (κ1) is 23.0. The first-order valence-corrected chi connectivity index (χ1v) is 15.4. The molecule has 188 valence electrons. The van der Waals surface area contributed by atoms with Gasteiger partial charge in [0.1, 0.15) is 16.2 Å². The number of amidine groups is 1. The minimum absolute atomic E-state index is 0.0210. The van der Waals surface area contributed by atoms with E-state index in [1.54, 1.807) is 0 Å². The Labute approximate surface area is 204 Å². The topological polar surface area (TPSA) is 142 Å². The van der Waals surface area contributed by atoms with Gasteiger partial charge in [-0.05, 0) is 43.4 Å². The molecule has 6 rings (SSSR count). The highest BCUT2D eigenvalue weighted by Gasteiger charge is 2.59. The molecule has 2 saturated heterocycles. The third-order valence-electron chi connectivity index (χ3n) is 7.75. The predicted octanol–water partition coefficient (Wildman–Crippen LogP) is 1.89. The molecule has 35 heavy (non-hydrogen) atoms. The highest BCUT2D eigenvalue weighted by molar-refractivity contribution is 7.90. The van der Waals surface area contributed by atoms with Crippen molar-refractivity contribution in [2.45, 2.75) is 73.5 Å². The van der Waals surface area contributed by atoms with E-state index in [0.717, 1.165) is 44.8 Å². The molecule has 0 aromatic heterocycles. The molecule has 10 nitrogen and oxygen atoms in total. The summed E-state index contributed by atoms with van der Waals surface area (Å²) in [6.07, 6.45) is 6.10. The van der Waals surface area contributed by atoms with Crippen LogP contribution in [-0.4, -0.2) is 69.1 Å². The number of aliphatic hydroxyl groups excluding tert-OH is 1. The van der Waals surface area contributed by atoms with Gasteiger partial charge in [0.25, 0.3) is 15.9 Å². The molecule has 3 fully saturated rings. The van der Waals surface area contributed by atoms with Gasteiger partial charge in [0, 0.05) is 12.3 Å². The average molecular weight is 522 g/mol. The van der Waals surface area contributed by atoms with Crippen molar-refractivity contribution in [2.24, 2.45) is 10.3 Å². The number of hydrogen-bond acceptors (Lipinski definition) is 8. The molecule has 0 spiro atoms. The second-order valence-corrected chi connectivity index (χ2v) is 13.9. The van der Waals surface area contributed by atoms with E-state index in [-0.39, 0.29) is 57.8 Å². The summed E-state index contributed by atoms with van der Waals surface area (Å²) < 4.78 is 59.5. The molecule has 5 aliphatic rings. The molecule has 4 aliphatic heterocycles. The summed E-state index contributed by atoms with van der Waals surface area (Å²) in [6.45, 7) is 0. The second-order valence-electron chi connectivity index (χ2n) is 10.2. The van der Waals surface area contributed by atoms with E-state index >= 15 is 0 Å². The van der Waals surface area contributed by atoms with E-state index in [1.165, 1.54) is 18.2 Å². The van der Waals surface area contributed by atoms with Crippen LogP contribution in [0.25, 0.3) is 0 Å². The number of carbonyl (C=O) groups is 1. The summed E-state index contributed by atoms with van der Waals surface area (Å²) in [4.78, 5) is 15.5. The summed E-state index contributed by atoms with van der Waals surface area (Å²) in [5, 5.41) is 14.2. The summed E-state index contributed by atoms with van der Waals surface area (Å²) in [5.41, 5.74) is 0.378. The van der Waals surface area contributed by atoms with Gasteiger partial charge in [-0.2, -0.15) is 8.42 Å². The first-order chi connectivity index (χ1) is 16.5. The standard InChI is InChI=1S/C23H27N3O7S2/c1-34(29,30)11-12-6-7-14-17(10-12)35(31,32)25-22(24-14)19-21(27)18-15-8-9-16(33-15)20(18)26(23(19)28)13-4-2-3-5-13/h6-7,10,13,15-16,18,20,27H,2-5,8-9,11H2,1H3,(H,24,25). The van der Waals surface area contributed by atoms with Gasteiger partial charge >= 0.3 is 0 Å². The van der Waals surface area contributed by atoms with Crippen LogP contribution in [0, 0.1) is 5.92 Å². The average Bonchev–Trinajstić information content (AvgIpc) is 3.51. The van der Waals surface area contributed by atoms with Crippen molar-refractivity contribution < 1.29 is 31.5 Å². The SMILES string of the molecule is CS(=O)(=O)Cc1ccc2c(c1)S(=O)(=O)N=C(C1=C(O)C3C4CCC(O4)C3N(C3CCCC3)C1=O)N2. The second kappa shape index (κ2) is 7.78. The number of ether oxygens (including phenoxy) is 1. The van der Waals surface area contributed by atoms with Gasteiger partial charge in [-0.25, -0.2) is 8.42 Å². The van der Waals surface area contributed by atoms with Crippen LogP contribution in [0.2, 0.25) is 0 Å². The molecular formula is C23H27N3O7S2. The third-order valence-corrected chi connectivity index (χ3v) is 9.92. The molecule has 0 radical (unpaired) electrons. The van der Waals surface area contributed by atoms with Crippen LogP contribution in [0.1, 0.15) is 44.1 Å². The number of carbonyl (C=O) groups excluding carboxylic acids is 1. The number of nitrogens with one attached hydrogen (secondary N) is 1. The Morgan fingerprint density at radius 1 is 1.17 bits per heavy atom. The van der Waals surface area contributed by atoms with Crippen LogP contribution in [0.5, 0.6) is 0 Å². The fraction of sp³-hybridized carbons (Fsp3) is 0.565. The lowest BCUT2D eigenvalue weighted by atomic mass is 9.77. The number of rotatable bonds is 4. The van der Waals surface area contributed by atoms with Crippen LogP contribution in [-0.2, 0) is 35.1 Å². The Kier molecular flexibility index (Phi) is 5.11. The lowest BCUT2D eigenvalue weighted by Gasteiger charge is -2.45. The van der Waals surface area contributed by atoms with E-state index < -0.39 is 31.7 Å². The van der Waals surface area contributed by atoms with Gasteiger partial charge in [-0.3, -0.25) is 4.79 Å². The molecule has 1 aromatic carbocycles. The molecule has 1 saturated carbocycles. The highest BCUT2D eigenvalue weighted by atomic mass is 32.2. The number of nitrogens with zero attached hydrogens (tertiary/aromatic N) is 2. The van der Waals surface area contributed by atoms with Crippen molar-refractivity contribution in [2.75, 3.05) is 11.6 Å². The van der Waals surface area contributed by atoms with Crippen LogP contribution in [0.4, 0.5) is 5.69 Å². The molecule has 1 aliphatic carbocycles. The van der Waals surface area contributed by atoms with Crippen LogP contribution < -0.4 is 5.32 Å². The number of aliphatic hydroxyl groups is 1. The number of amides is 1. The van der Waals surface area contributed by atoms with Crippen LogP contribution in [0.3, 0.4) is 0 Å². The molecule has 1 amide bonds. The Hall–Kier alpha value is -2.44. The number of hydrogen-bond donors (Lipinski definition) is 2. The van der Waals surface area contributed by atoms with Gasteiger partial charge in [-0.1, -0.05) is 18.9 Å². The fourth-order valence-corrected chi connectivity index (χ4v) is 8.36. The summed E-state index contributed by atoms with van der Waals surface area (Å²) in [5.74, 6) is -1.52. The van der Waals surface area contributed by atoms with Crippen molar-refractivity contribution in [3.63, 3.8) is 0 Å². The van der Waals surface area contributed by atoms with Gasteiger partial charge in [0.2, 0.25) is 0 Å². The molecule has 1 aromatic rings. The minimum atomic E-state index is -4.25. The summed E-state index contributed by atoms with van der Waals surface area (Å²) >= 11 is 0. The van der Waals surface area contributed by atoms with E-state index in [2.05, 4.69) is 9.71 Å². The molecule has 12 heteroatoms. The van der Waals surface area contributed by atoms with E-state index in [9.17, 15) is 26.7 Å². The van der Waals surface area contributed by atoms with Crippen molar-refractivity contribution in [1.82, 2.24) is 4.90 Å². The van der Waals surface area contributed by atoms with Crippen LogP contribution >= 0.6 is 0 Å². The molecule has 2 bridgehead atoms. The van der Waals surface area contributed by atoms with Crippen molar-refractivity contribution in [1.29, 1.82) is 0 Å². The molecule has 4 unspecified atom stereocenters. The zero-order valence-electron chi connectivity index (χ0n) is 19.2. The Bertz CT molecular complexity index is 1390. The van der Waals surface area contributed by atoms with Gasteiger partial charge in [-0.15, -0.1) is 4.40 Å². The minimum Gasteiger partial charge on any atom is -0.511 e. The number of anilines is 1. The fourth-order valence-electron chi connectivity index (χ4n) is 6.40. The lowest BCUT2D eigenvalue weighted by Crippen LogP contribution is -2.59. The predicted molar refractivity (Wildman–Crippen MR) is 127 cm³/mol. The Morgan fingerprint density at radius 2 is 1.89 bits per heavy atom. The zero-order chi connectivity index (χ0) is 24.7. The molecule has 4 atom stereocenters. The number of fused-ring (bicyclic) bond motifs is 6. The van der Waals surface area contributed by atoms with Gasteiger partial charge in [0.05, 0.1) is 35.6 Å². The normalized spacial score (nSPS) is 31.9. The smallest absolute Gasteiger partial charge is 0.286 e. The monoisotopic (exact) mass is 521 g/mol. The van der Waals surface area contributed by atoms with Gasteiger partial charge in [0.15, 0.2) is 15.7 Å². The molecule has 4 heterocycles. The van der Waals surface area contributed by atoms with Crippen molar-refractivity contribution in [3.05, 3.63) is 35.1 Å². The van der Waals surface area contributed by atoms with E-state index in [4.69, 9.17) is 4.74 Å².